The van der Waals surface area contributed by atoms with Gasteiger partial charge in [0.1, 0.15) is 24.4 Å². The normalized spacial score (nSPS) is 20.2. The molecule has 0 saturated carbocycles. The Morgan fingerprint density at radius 2 is 1.88 bits per heavy atom. The SMILES string of the molecule is COc1ccccc1C1c2[nH]c3ccccc3c2C[C@H]2C(=O)N(Cc3cccs3)CC(=O)N12. The summed E-state index contributed by atoms with van der Waals surface area (Å²) in [6.45, 7) is 0.543. The molecule has 1 N–H and O–H groups in total. The van der Waals surface area contributed by atoms with Gasteiger partial charge in [0.2, 0.25) is 11.8 Å². The van der Waals surface area contributed by atoms with E-state index in [-0.39, 0.29) is 18.4 Å². The van der Waals surface area contributed by atoms with Gasteiger partial charge < -0.3 is 19.5 Å². The van der Waals surface area contributed by atoms with Crippen LogP contribution in [0.3, 0.4) is 0 Å². The molecule has 2 aromatic heterocycles. The molecular formula is C26H23N3O3S. The maximum Gasteiger partial charge on any atom is 0.246 e. The number of benzene rings is 2. The zero-order valence-corrected chi connectivity index (χ0v) is 19.0. The predicted octanol–water partition coefficient (Wildman–Crippen LogP) is 4.12. The third-order valence-corrected chi connectivity index (χ3v) is 7.56. The average molecular weight is 458 g/mol. The van der Waals surface area contributed by atoms with Gasteiger partial charge in [-0.15, -0.1) is 11.3 Å². The summed E-state index contributed by atoms with van der Waals surface area (Å²) in [6, 6.07) is 18.9. The van der Waals surface area contributed by atoms with Gasteiger partial charge in [0.15, 0.2) is 0 Å². The Kier molecular flexibility index (Phi) is 4.73. The van der Waals surface area contributed by atoms with Crippen LogP contribution in [0.25, 0.3) is 10.9 Å². The zero-order valence-electron chi connectivity index (χ0n) is 18.2. The first-order valence-corrected chi connectivity index (χ1v) is 11.9. The highest BCUT2D eigenvalue weighted by molar-refractivity contribution is 7.09. The van der Waals surface area contributed by atoms with E-state index in [2.05, 4.69) is 11.1 Å². The number of aromatic amines is 1. The minimum atomic E-state index is -0.548. The fourth-order valence-electron chi connectivity index (χ4n) is 5.26. The molecule has 166 valence electrons. The molecule has 33 heavy (non-hydrogen) atoms. The quantitative estimate of drug-likeness (QED) is 0.501. The summed E-state index contributed by atoms with van der Waals surface area (Å²) < 4.78 is 5.67. The molecule has 6 rings (SSSR count). The van der Waals surface area contributed by atoms with Crippen molar-refractivity contribution in [2.75, 3.05) is 13.7 Å². The van der Waals surface area contributed by atoms with E-state index in [1.165, 1.54) is 0 Å². The molecule has 0 radical (unpaired) electrons. The molecule has 1 fully saturated rings. The minimum Gasteiger partial charge on any atom is -0.496 e. The number of nitrogens with one attached hydrogen (secondary N) is 1. The lowest BCUT2D eigenvalue weighted by atomic mass is 9.86. The topological polar surface area (TPSA) is 65.6 Å². The van der Waals surface area contributed by atoms with E-state index in [1.54, 1.807) is 28.2 Å². The van der Waals surface area contributed by atoms with Crippen LogP contribution in [-0.4, -0.2) is 46.3 Å². The Hall–Kier alpha value is -3.58. The number of para-hydroxylation sites is 2. The van der Waals surface area contributed by atoms with Crippen LogP contribution in [0.5, 0.6) is 5.75 Å². The van der Waals surface area contributed by atoms with E-state index in [9.17, 15) is 9.59 Å². The molecule has 2 aliphatic rings. The summed E-state index contributed by atoms with van der Waals surface area (Å²) >= 11 is 1.60. The Bertz CT molecular complexity index is 1360. The number of aromatic nitrogens is 1. The van der Waals surface area contributed by atoms with Crippen LogP contribution in [-0.2, 0) is 22.6 Å². The number of hydrogen-bond acceptors (Lipinski definition) is 4. The van der Waals surface area contributed by atoms with Crippen LogP contribution in [0.1, 0.15) is 27.7 Å². The average Bonchev–Trinajstić information content (AvgIpc) is 3.48. The maximum absolute atomic E-state index is 13.7. The van der Waals surface area contributed by atoms with Gasteiger partial charge in [-0.2, -0.15) is 0 Å². The third kappa shape index (κ3) is 3.15. The molecule has 4 heterocycles. The number of carbonyl (C=O) groups excluding carboxylic acids is 2. The number of amides is 2. The summed E-state index contributed by atoms with van der Waals surface area (Å²) in [5, 5.41) is 3.09. The maximum atomic E-state index is 13.7. The summed E-state index contributed by atoms with van der Waals surface area (Å²) in [5.74, 6) is 0.657. The summed E-state index contributed by atoms with van der Waals surface area (Å²) in [5.41, 5.74) is 3.95. The summed E-state index contributed by atoms with van der Waals surface area (Å²) in [4.78, 5) is 35.4. The number of methoxy groups -OCH3 is 1. The van der Waals surface area contributed by atoms with Crippen LogP contribution < -0.4 is 4.74 Å². The van der Waals surface area contributed by atoms with Gasteiger partial charge in [0.25, 0.3) is 0 Å². The fourth-order valence-corrected chi connectivity index (χ4v) is 5.98. The van der Waals surface area contributed by atoms with E-state index in [0.717, 1.165) is 32.6 Å². The standard InChI is InChI=1S/C26H23N3O3S/c1-32-22-11-5-3-9-18(22)25-24-19(17-8-2-4-10-20(17)27-24)13-21-26(31)28(15-23(30)29(21)25)14-16-7-6-12-33-16/h2-12,21,25,27H,13-15H2,1H3/t21-,25?/m0/s1. The van der Waals surface area contributed by atoms with Gasteiger partial charge >= 0.3 is 0 Å². The van der Waals surface area contributed by atoms with E-state index in [0.29, 0.717) is 18.7 Å². The second-order valence-corrected chi connectivity index (χ2v) is 9.53. The lowest BCUT2D eigenvalue weighted by Crippen LogP contribution is -2.62. The molecule has 1 saturated heterocycles. The predicted molar refractivity (Wildman–Crippen MR) is 127 cm³/mol. The molecule has 2 aliphatic heterocycles. The molecule has 4 aromatic rings. The van der Waals surface area contributed by atoms with Crippen LogP contribution in [0.15, 0.2) is 66.0 Å². The highest BCUT2D eigenvalue weighted by Gasteiger charge is 2.48. The smallest absolute Gasteiger partial charge is 0.246 e. The van der Waals surface area contributed by atoms with Crippen molar-refractivity contribution in [3.05, 3.63) is 87.7 Å². The third-order valence-electron chi connectivity index (χ3n) is 6.70. The molecule has 0 aliphatic carbocycles. The fraction of sp³-hybridized carbons (Fsp3) is 0.231. The van der Waals surface area contributed by atoms with Gasteiger partial charge in [-0.3, -0.25) is 9.59 Å². The van der Waals surface area contributed by atoms with Crippen molar-refractivity contribution in [3.63, 3.8) is 0 Å². The molecule has 7 heteroatoms. The highest BCUT2D eigenvalue weighted by Crippen LogP contribution is 2.44. The van der Waals surface area contributed by atoms with Gasteiger partial charge in [0, 0.05) is 33.5 Å². The van der Waals surface area contributed by atoms with Gasteiger partial charge in [-0.05, 0) is 29.1 Å². The van der Waals surface area contributed by atoms with Gasteiger partial charge in [0.05, 0.1) is 13.7 Å². The monoisotopic (exact) mass is 457 g/mol. The molecule has 2 atom stereocenters. The first-order valence-electron chi connectivity index (χ1n) is 11.0. The molecule has 1 unspecified atom stereocenters. The number of fused-ring (bicyclic) bond motifs is 4. The van der Waals surface area contributed by atoms with Crippen molar-refractivity contribution in [3.8, 4) is 5.75 Å². The Balaban J connectivity index is 1.51. The first-order chi connectivity index (χ1) is 16.2. The molecule has 0 bridgehead atoms. The van der Waals surface area contributed by atoms with Crippen molar-refractivity contribution < 1.29 is 14.3 Å². The summed E-state index contributed by atoms with van der Waals surface area (Å²) in [6.07, 6.45) is 0.497. The van der Waals surface area contributed by atoms with Crippen molar-refractivity contribution in [1.82, 2.24) is 14.8 Å². The number of nitrogens with zero attached hydrogens (tertiary/aromatic N) is 2. The van der Waals surface area contributed by atoms with Crippen LogP contribution in [0, 0.1) is 0 Å². The summed E-state index contributed by atoms with van der Waals surface area (Å²) in [7, 11) is 1.64. The Labute approximate surface area is 195 Å². The number of piperazine rings is 1. The number of thiophene rings is 1. The first kappa shape index (κ1) is 20.1. The number of H-pyrrole nitrogens is 1. The molecule has 6 nitrogen and oxygen atoms in total. The molecule has 0 spiro atoms. The van der Waals surface area contributed by atoms with E-state index in [1.807, 2.05) is 60.0 Å². The number of rotatable bonds is 4. The number of carbonyl (C=O) groups is 2. The van der Waals surface area contributed by atoms with E-state index in [4.69, 9.17) is 4.74 Å². The second-order valence-electron chi connectivity index (χ2n) is 8.50. The van der Waals surface area contributed by atoms with E-state index < -0.39 is 12.1 Å². The molecule has 2 amide bonds. The van der Waals surface area contributed by atoms with Gasteiger partial charge in [-0.25, -0.2) is 0 Å². The zero-order chi connectivity index (χ0) is 22.5. The molecular weight excluding hydrogens is 434 g/mol. The largest absolute Gasteiger partial charge is 0.496 e. The van der Waals surface area contributed by atoms with E-state index >= 15 is 0 Å². The van der Waals surface area contributed by atoms with Crippen molar-refractivity contribution in [2.24, 2.45) is 0 Å². The van der Waals surface area contributed by atoms with Crippen molar-refractivity contribution >= 4 is 34.1 Å². The van der Waals surface area contributed by atoms with Gasteiger partial charge in [-0.1, -0.05) is 42.5 Å². The Morgan fingerprint density at radius 1 is 1.06 bits per heavy atom. The number of hydrogen-bond donors (Lipinski definition) is 1. The lowest BCUT2D eigenvalue weighted by Gasteiger charge is -2.47. The second kappa shape index (κ2) is 7.78. The minimum absolute atomic E-state index is 0.00108. The Morgan fingerprint density at radius 3 is 2.70 bits per heavy atom. The van der Waals surface area contributed by atoms with Crippen molar-refractivity contribution in [1.29, 1.82) is 0 Å². The lowest BCUT2D eigenvalue weighted by molar-refractivity contribution is -0.159. The highest BCUT2D eigenvalue weighted by atomic mass is 32.1. The van der Waals surface area contributed by atoms with Crippen LogP contribution in [0.4, 0.5) is 0 Å². The number of ether oxygens (including phenoxy) is 1. The van der Waals surface area contributed by atoms with Crippen LogP contribution >= 0.6 is 11.3 Å². The van der Waals surface area contributed by atoms with Crippen LogP contribution in [0.2, 0.25) is 0 Å². The van der Waals surface area contributed by atoms with Crippen molar-refractivity contribution in [2.45, 2.75) is 25.0 Å². The molecule has 2 aromatic carbocycles.